The zero-order chi connectivity index (χ0) is 33.6. The quantitative estimate of drug-likeness (QED) is 0.182. The number of carbonyl (C=O) groups excluding carboxylic acids is 2. The van der Waals surface area contributed by atoms with Gasteiger partial charge in [-0.3, -0.25) is 13.9 Å². The van der Waals surface area contributed by atoms with Crippen molar-refractivity contribution in [2.24, 2.45) is 0 Å². The van der Waals surface area contributed by atoms with Gasteiger partial charge < -0.3 is 10.2 Å². The van der Waals surface area contributed by atoms with E-state index in [2.05, 4.69) is 5.32 Å². The largest absolute Gasteiger partial charge is 0.352 e. The van der Waals surface area contributed by atoms with E-state index >= 15 is 0 Å². The molecule has 2 amide bonds. The standard InChI is InChI=1S/C39H45N3O4S/c1-28-17-21-33(22-18-28)26-41(37(25-32-12-6-5-7-13-32)39(44)40-34-14-8-9-15-34)38(43)27-42(36-16-10-11-30(3)31(36)4)47(45,46)35-23-19-29(2)20-24-35/h5-7,10-13,16-24,34,37H,8-9,14-15,25-27H2,1-4H3,(H,40,44)/t37-/m1/s1. The summed E-state index contributed by atoms with van der Waals surface area (Å²) in [5.74, 6) is -0.675. The van der Waals surface area contributed by atoms with Crippen molar-refractivity contribution in [2.75, 3.05) is 10.8 Å². The molecule has 1 aliphatic rings. The summed E-state index contributed by atoms with van der Waals surface area (Å²) in [7, 11) is -4.16. The highest BCUT2D eigenvalue weighted by Gasteiger charge is 2.36. The minimum atomic E-state index is -4.16. The fourth-order valence-corrected chi connectivity index (χ4v) is 7.64. The number of sulfonamides is 1. The van der Waals surface area contributed by atoms with E-state index in [1.54, 1.807) is 41.3 Å². The van der Waals surface area contributed by atoms with Gasteiger partial charge >= 0.3 is 0 Å². The first-order chi connectivity index (χ1) is 22.5. The summed E-state index contributed by atoms with van der Waals surface area (Å²) in [6, 6.07) is 28.9. The number of hydrogen-bond donors (Lipinski definition) is 1. The van der Waals surface area contributed by atoms with Gasteiger partial charge in [0.15, 0.2) is 0 Å². The Hall–Kier alpha value is -4.43. The number of carbonyl (C=O) groups is 2. The van der Waals surface area contributed by atoms with Crippen LogP contribution in [0, 0.1) is 27.7 Å². The highest BCUT2D eigenvalue weighted by molar-refractivity contribution is 7.92. The molecule has 1 saturated carbocycles. The van der Waals surface area contributed by atoms with Crippen LogP contribution in [0.15, 0.2) is 102 Å². The summed E-state index contributed by atoms with van der Waals surface area (Å²) in [5.41, 5.74) is 5.89. The molecule has 7 nitrogen and oxygen atoms in total. The zero-order valence-corrected chi connectivity index (χ0v) is 28.6. The Labute approximate surface area is 279 Å². The van der Waals surface area contributed by atoms with Crippen molar-refractivity contribution >= 4 is 27.5 Å². The van der Waals surface area contributed by atoms with Gasteiger partial charge in [0.1, 0.15) is 12.6 Å². The van der Waals surface area contributed by atoms with Crippen LogP contribution >= 0.6 is 0 Å². The van der Waals surface area contributed by atoms with Crippen molar-refractivity contribution in [3.63, 3.8) is 0 Å². The first kappa shape index (κ1) is 33.9. The Kier molecular flexibility index (Phi) is 10.8. The van der Waals surface area contributed by atoms with Crippen LogP contribution in [-0.2, 0) is 32.6 Å². The molecule has 8 heteroatoms. The van der Waals surface area contributed by atoms with Gasteiger partial charge in [-0.25, -0.2) is 8.42 Å². The van der Waals surface area contributed by atoms with Crippen molar-refractivity contribution in [3.05, 3.63) is 130 Å². The fourth-order valence-electron chi connectivity index (χ4n) is 6.17. The molecule has 1 N–H and O–H groups in total. The topological polar surface area (TPSA) is 86.8 Å². The van der Waals surface area contributed by atoms with Gasteiger partial charge in [0.05, 0.1) is 10.6 Å². The van der Waals surface area contributed by atoms with Gasteiger partial charge in [-0.1, -0.05) is 103 Å². The second-order valence-electron chi connectivity index (χ2n) is 12.7. The van der Waals surface area contributed by atoms with Gasteiger partial charge in [-0.2, -0.15) is 0 Å². The van der Waals surface area contributed by atoms with Crippen LogP contribution < -0.4 is 9.62 Å². The molecule has 246 valence electrons. The molecule has 0 saturated heterocycles. The average molecular weight is 652 g/mol. The van der Waals surface area contributed by atoms with E-state index in [1.165, 1.54) is 4.31 Å². The number of hydrogen-bond acceptors (Lipinski definition) is 4. The molecule has 4 aromatic carbocycles. The second-order valence-corrected chi connectivity index (χ2v) is 14.6. The minimum absolute atomic E-state index is 0.0606. The van der Waals surface area contributed by atoms with Crippen molar-refractivity contribution in [1.29, 1.82) is 0 Å². The molecule has 47 heavy (non-hydrogen) atoms. The first-order valence-electron chi connectivity index (χ1n) is 16.4. The molecule has 4 aromatic rings. The van der Waals surface area contributed by atoms with E-state index in [9.17, 15) is 18.0 Å². The van der Waals surface area contributed by atoms with Gasteiger partial charge in [0, 0.05) is 19.0 Å². The Morgan fingerprint density at radius 1 is 0.766 bits per heavy atom. The first-order valence-corrected chi connectivity index (χ1v) is 17.8. The van der Waals surface area contributed by atoms with Crippen LogP contribution in [0.3, 0.4) is 0 Å². The zero-order valence-electron chi connectivity index (χ0n) is 27.8. The molecular weight excluding hydrogens is 607 g/mol. The summed E-state index contributed by atoms with van der Waals surface area (Å²) in [5, 5.41) is 3.23. The molecule has 0 aromatic heterocycles. The average Bonchev–Trinajstić information content (AvgIpc) is 3.57. The Bertz CT molecular complexity index is 1780. The maximum Gasteiger partial charge on any atom is 0.264 e. The van der Waals surface area contributed by atoms with Gasteiger partial charge in [-0.15, -0.1) is 0 Å². The predicted octanol–water partition coefficient (Wildman–Crippen LogP) is 6.81. The lowest BCUT2D eigenvalue weighted by Crippen LogP contribution is -2.54. The van der Waals surface area contributed by atoms with Crippen LogP contribution in [0.4, 0.5) is 5.69 Å². The lowest BCUT2D eigenvalue weighted by atomic mass is 10.0. The molecule has 0 radical (unpaired) electrons. The lowest BCUT2D eigenvalue weighted by molar-refractivity contribution is -0.140. The molecular formula is C39H45N3O4S. The van der Waals surface area contributed by atoms with Crippen LogP contribution in [0.5, 0.6) is 0 Å². The molecule has 0 spiro atoms. The molecule has 1 fully saturated rings. The van der Waals surface area contributed by atoms with Crippen LogP contribution in [-0.4, -0.2) is 43.8 Å². The monoisotopic (exact) mass is 651 g/mol. The normalized spacial score (nSPS) is 14.0. The van der Waals surface area contributed by atoms with Crippen LogP contribution in [0.2, 0.25) is 0 Å². The third kappa shape index (κ3) is 8.30. The fraction of sp³-hybridized carbons (Fsp3) is 0.333. The van der Waals surface area contributed by atoms with Crippen molar-refractivity contribution < 1.29 is 18.0 Å². The number of benzene rings is 4. The van der Waals surface area contributed by atoms with E-state index in [0.29, 0.717) is 12.1 Å². The second kappa shape index (κ2) is 15.0. The predicted molar refractivity (Wildman–Crippen MR) is 188 cm³/mol. The number of nitrogens with one attached hydrogen (secondary N) is 1. The molecule has 0 heterocycles. The summed E-state index contributed by atoms with van der Waals surface area (Å²) in [6.45, 7) is 7.37. The highest BCUT2D eigenvalue weighted by Crippen LogP contribution is 2.30. The molecule has 0 bridgehead atoms. The van der Waals surface area contributed by atoms with E-state index in [1.807, 2.05) is 88.4 Å². The Morgan fingerprint density at radius 3 is 2.02 bits per heavy atom. The summed E-state index contributed by atoms with van der Waals surface area (Å²) in [6.07, 6.45) is 4.23. The highest BCUT2D eigenvalue weighted by atomic mass is 32.2. The minimum Gasteiger partial charge on any atom is -0.352 e. The summed E-state index contributed by atoms with van der Waals surface area (Å²) in [4.78, 5) is 30.6. The lowest BCUT2D eigenvalue weighted by Gasteiger charge is -2.34. The summed E-state index contributed by atoms with van der Waals surface area (Å²) >= 11 is 0. The third-order valence-electron chi connectivity index (χ3n) is 9.18. The molecule has 0 aliphatic heterocycles. The van der Waals surface area contributed by atoms with E-state index in [0.717, 1.165) is 59.1 Å². The third-order valence-corrected chi connectivity index (χ3v) is 11.0. The molecule has 0 unspecified atom stereocenters. The maximum absolute atomic E-state index is 14.7. The molecule has 1 atom stereocenters. The smallest absolute Gasteiger partial charge is 0.264 e. The number of amides is 2. The van der Waals surface area contributed by atoms with Gasteiger partial charge in [0.25, 0.3) is 10.0 Å². The Balaban J connectivity index is 1.58. The van der Waals surface area contributed by atoms with Crippen molar-refractivity contribution in [1.82, 2.24) is 10.2 Å². The van der Waals surface area contributed by atoms with Crippen LogP contribution in [0.25, 0.3) is 0 Å². The SMILES string of the molecule is Cc1ccc(CN(C(=O)CN(c2cccc(C)c2C)S(=O)(=O)c2ccc(C)cc2)[C@H](Cc2ccccc2)C(=O)NC2CCCC2)cc1. The summed E-state index contributed by atoms with van der Waals surface area (Å²) < 4.78 is 29.9. The number of nitrogens with zero attached hydrogens (tertiary/aromatic N) is 2. The van der Waals surface area contributed by atoms with E-state index in [-0.39, 0.29) is 23.4 Å². The Morgan fingerprint density at radius 2 is 1.38 bits per heavy atom. The number of aryl methyl sites for hydroxylation is 3. The number of rotatable bonds is 12. The van der Waals surface area contributed by atoms with E-state index < -0.39 is 28.5 Å². The van der Waals surface area contributed by atoms with Crippen LogP contribution in [0.1, 0.15) is 59.1 Å². The molecule has 5 rings (SSSR count). The van der Waals surface area contributed by atoms with Crippen molar-refractivity contribution in [3.8, 4) is 0 Å². The molecule has 1 aliphatic carbocycles. The van der Waals surface area contributed by atoms with E-state index in [4.69, 9.17) is 0 Å². The number of anilines is 1. The van der Waals surface area contributed by atoms with Gasteiger partial charge in [-0.05, 0) is 81.0 Å². The van der Waals surface area contributed by atoms with Crippen molar-refractivity contribution in [2.45, 2.75) is 83.3 Å². The van der Waals surface area contributed by atoms with Gasteiger partial charge in [0.2, 0.25) is 11.8 Å². The maximum atomic E-state index is 14.7.